The second kappa shape index (κ2) is 7.55. The molecule has 130 valence electrons. The van der Waals surface area contributed by atoms with Gasteiger partial charge < -0.3 is 15.2 Å². The second-order valence-corrected chi connectivity index (χ2v) is 5.81. The number of ether oxygens (including phenoxy) is 2. The fraction of sp³-hybridized carbons (Fsp3) is 0.222. The summed E-state index contributed by atoms with van der Waals surface area (Å²) in [7, 11) is 1.60. The lowest BCUT2D eigenvalue weighted by Crippen LogP contribution is -2.14. The molecule has 25 heavy (non-hydrogen) atoms. The molecule has 0 saturated carbocycles. The van der Waals surface area contributed by atoms with Crippen molar-refractivity contribution in [1.82, 2.24) is 15.2 Å². The number of nitrogens with one attached hydrogen (secondary N) is 1. The highest BCUT2D eigenvalue weighted by molar-refractivity contribution is 6.30. The van der Waals surface area contributed by atoms with Gasteiger partial charge in [-0.2, -0.15) is 5.10 Å². The van der Waals surface area contributed by atoms with Crippen LogP contribution in [0.3, 0.4) is 0 Å². The minimum absolute atomic E-state index is 0.468. The van der Waals surface area contributed by atoms with Gasteiger partial charge in [0.05, 0.1) is 19.8 Å². The first kappa shape index (κ1) is 17.3. The van der Waals surface area contributed by atoms with Crippen molar-refractivity contribution in [2.45, 2.75) is 13.0 Å². The smallest absolute Gasteiger partial charge is 0.181 e. The Hall–Kier alpha value is -2.57. The SMILES string of the molecule is CCOc1ccc(C(N)c2nc(-c3cccc(Cl)c3)n[nH]2)cc1OC. The predicted octanol–water partition coefficient (Wildman–Crippen LogP) is 3.58. The maximum Gasteiger partial charge on any atom is 0.181 e. The van der Waals surface area contributed by atoms with E-state index in [4.69, 9.17) is 26.8 Å². The van der Waals surface area contributed by atoms with Crippen LogP contribution in [0.1, 0.15) is 24.4 Å². The van der Waals surface area contributed by atoms with Crippen molar-refractivity contribution < 1.29 is 9.47 Å². The van der Waals surface area contributed by atoms with Crippen LogP contribution in [0.2, 0.25) is 5.02 Å². The minimum atomic E-state index is -0.468. The van der Waals surface area contributed by atoms with Gasteiger partial charge in [0.2, 0.25) is 0 Å². The predicted molar refractivity (Wildman–Crippen MR) is 97.0 cm³/mol. The molecule has 0 saturated heterocycles. The van der Waals surface area contributed by atoms with Crippen LogP contribution in [0, 0.1) is 0 Å². The lowest BCUT2D eigenvalue weighted by Gasteiger charge is -2.13. The van der Waals surface area contributed by atoms with Crippen LogP contribution in [0.15, 0.2) is 42.5 Å². The lowest BCUT2D eigenvalue weighted by molar-refractivity contribution is 0.310. The van der Waals surface area contributed by atoms with Gasteiger partial charge in [-0.1, -0.05) is 29.8 Å². The molecule has 1 unspecified atom stereocenters. The molecular weight excluding hydrogens is 340 g/mol. The first-order valence-electron chi connectivity index (χ1n) is 7.87. The number of H-pyrrole nitrogens is 1. The van der Waals surface area contributed by atoms with Crippen molar-refractivity contribution in [2.24, 2.45) is 5.73 Å². The number of rotatable bonds is 6. The van der Waals surface area contributed by atoms with E-state index < -0.39 is 6.04 Å². The molecular formula is C18H19ClN4O2. The van der Waals surface area contributed by atoms with E-state index in [0.717, 1.165) is 11.1 Å². The van der Waals surface area contributed by atoms with Crippen molar-refractivity contribution >= 4 is 11.6 Å². The largest absolute Gasteiger partial charge is 0.493 e. The van der Waals surface area contributed by atoms with Crippen LogP contribution in [-0.4, -0.2) is 28.9 Å². The Labute approximate surface area is 150 Å². The summed E-state index contributed by atoms with van der Waals surface area (Å²) in [6.45, 7) is 2.48. The fourth-order valence-electron chi connectivity index (χ4n) is 2.48. The quantitative estimate of drug-likeness (QED) is 0.703. The summed E-state index contributed by atoms with van der Waals surface area (Å²) in [6, 6.07) is 12.5. The van der Waals surface area contributed by atoms with E-state index in [2.05, 4.69) is 15.2 Å². The summed E-state index contributed by atoms with van der Waals surface area (Å²) in [5, 5.41) is 7.76. The molecule has 0 bridgehead atoms. The normalized spacial score (nSPS) is 12.0. The average Bonchev–Trinajstić information content (AvgIpc) is 3.12. The highest BCUT2D eigenvalue weighted by atomic mass is 35.5. The van der Waals surface area contributed by atoms with E-state index in [1.807, 2.05) is 37.3 Å². The third kappa shape index (κ3) is 3.75. The molecule has 0 aliphatic carbocycles. The van der Waals surface area contributed by atoms with E-state index in [-0.39, 0.29) is 0 Å². The first-order chi connectivity index (χ1) is 12.1. The summed E-state index contributed by atoms with van der Waals surface area (Å²) >= 11 is 6.02. The number of hydrogen-bond acceptors (Lipinski definition) is 5. The lowest BCUT2D eigenvalue weighted by atomic mass is 10.1. The van der Waals surface area contributed by atoms with Gasteiger partial charge in [-0.05, 0) is 36.8 Å². The highest BCUT2D eigenvalue weighted by Crippen LogP contribution is 2.31. The molecule has 0 aliphatic heterocycles. The number of benzene rings is 2. The van der Waals surface area contributed by atoms with E-state index in [0.29, 0.717) is 34.8 Å². The molecule has 2 aromatic carbocycles. The van der Waals surface area contributed by atoms with Crippen molar-refractivity contribution in [2.75, 3.05) is 13.7 Å². The van der Waals surface area contributed by atoms with Gasteiger partial charge >= 0.3 is 0 Å². The number of aromatic nitrogens is 3. The van der Waals surface area contributed by atoms with Crippen LogP contribution in [0.25, 0.3) is 11.4 Å². The molecule has 7 heteroatoms. The zero-order chi connectivity index (χ0) is 17.8. The first-order valence-corrected chi connectivity index (χ1v) is 8.24. The van der Waals surface area contributed by atoms with Crippen LogP contribution in [0.5, 0.6) is 11.5 Å². The second-order valence-electron chi connectivity index (χ2n) is 5.38. The van der Waals surface area contributed by atoms with E-state index in [1.54, 1.807) is 19.2 Å². The standard InChI is InChI=1S/C18H19ClN4O2/c1-3-25-14-8-7-11(10-15(14)24-2)16(20)18-21-17(22-23-18)12-5-4-6-13(19)9-12/h4-10,16H,3,20H2,1-2H3,(H,21,22,23). The topological polar surface area (TPSA) is 86.0 Å². The Morgan fingerprint density at radius 2 is 2.04 bits per heavy atom. The van der Waals surface area contributed by atoms with Crippen LogP contribution in [-0.2, 0) is 0 Å². The van der Waals surface area contributed by atoms with E-state index in [9.17, 15) is 0 Å². The number of nitrogens with two attached hydrogens (primary N) is 1. The number of nitrogens with zero attached hydrogens (tertiary/aromatic N) is 2. The zero-order valence-electron chi connectivity index (χ0n) is 14.0. The van der Waals surface area contributed by atoms with Gasteiger partial charge in [0, 0.05) is 10.6 Å². The molecule has 0 radical (unpaired) electrons. The monoisotopic (exact) mass is 358 g/mol. The van der Waals surface area contributed by atoms with Crippen LogP contribution >= 0.6 is 11.6 Å². The summed E-state index contributed by atoms with van der Waals surface area (Å²) in [5.41, 5.74) is 8.00. The number of methoxy groups -OCH3 is 1. The number of hydrogen-bond donors (Lipinski definition) is 2. The maximum atomic E-state index is 6.33. The maximum absolute atomic E-state index is 6.33. The fourth-order valence-corrected chi connectivity index (χ4v) is 2.67. The summed E-state index contributed by atoms with van der Waals surface area (Å²) < 4.78 is 10.9. The van der Waals surface area contributed by atoms with E-state index >= 15 is 0 Å². The minimum Gasteiger partial charge on any atom is -0.493 e. The van der Waals surface area contributed by atoms with Crippen molar-refractivity contribution in [3.63, 3.8) is 0 Å². The van der Waals surface area contributed by atoms with Gasteiger partial charge in [0.1, 0.15) is 5.82 Å². The van der Waals surface area contributed by atoms with E-state index in [1.165, 1.54) is 0 Å². The van der Waals surface area contributed by atoms with Crippen molar-refractivity contribution in [3.05, 3.63) is 58.9 Å². The van der Waals surface area contributed by atoms with Crippen LogP contribution < -0.4 is 15.2 Å². The molecule has 1 atom stereocenters. The number of halogens is 1. The molecule has 1 aromatic heterocycles. The molecule has 0 fully saturated rings. The molecule has 6 nitrogen and oxygen atoms in total. The highest BCUT2D eigenvalue weighted by Gasteiger charge is 2.17. The Morgan fingerprint density at radius 1 is 1.20 bits per heavy atom. The third-order valence-corrected chi connectivity index (χ3v) is 3.96. The van der Waals surface area contributed by atoms with Crippen molar-refractivity contribution in [1.29, 1.82) is 0 Å². The number of aromatic amines is 1. The van der Waals surface area contributed by atoms with Gasteiger partial charge in [-0.15, -0.1) is 0 Å². The molecule has 3 aromatic rings. The Bertz CT molecular complexity index is 866. The Balaban J connectivity index is 1.87. The third-order valence-electron chi connectivity index (χ3n) is 3.73. The van der Waals surface area contributed by atoms with Gasteiger partial charge in [-0.25, -0.2) is 4.98 Å². The zero-order valence-corrected chi connectivity index (χ0v) is 14.7. The van der Waals surface area contributed by atoms with Gasteiger partial charge in [-0.3, -0.25) is 5.10 Å². The molecule has 1 heterocycles. The average molecular weight is 359 g/mol. The Kier molecular flexibility index (Phi) is 5.21. The van der Waals surface area contributed by atoms with Gasteiger partial charge in [0.25, 0.3) is 0 Å². The molecule has 3 rings (SSSR count). The molecule has 0 amide bonds. The summed E-state index contributed by atoms with van der Waals surface area (Å²) in [5.74, 6) is 2.41. The summed E-state index contributed by atoms with van der Waals surface area (Å²) in [6.07, 6.45) is 0. The van der Waals surface area contributed by atoms with Crippen LogP contribution in [0.4, 0.5) is 0 Å². The molecule has 0 aliphatic rings. The van der Waals surface area contributed by atoms with Crippen molar-refractivity contribution in [3.8, 4) is 22.9 Å². The van der Waals surface area contributed by atoms with Gasteiger partial charge in [0.15, 0.2) is 17.3 Å². The summed E-state index contributed by atoms with van der Waals surface area (Å²) in [4.78, 5) is 4.49. The Morgan fingerprint density at radius 3 is 2.76 bits per heavy atom. The molecule has 0 spiro atoms. The molecule has 3 N–H and O–H groups in total.